The fraction of sp³-hybridized carbons (Fsp3) is 0.562. The van der Waals surface area contributed by atoms with Gasteiger partial charge in [0.1, 0.15) is 11.4 Å². The molecule has 0 saturated heterocycles. The van der Waals surface area contributed by atoms with Crippen molar-refractivity contribution in [1.29, 1.82) is 0 Å². The fourth-order valence-corrected chi connectivity index (χ4v) is 1.76. The van der Waals surface area contributed by atoms with Gasteiger partial charge in [0.2, 0.25) is 0 Å². The molecule has 0 aromatic heterocycles. The fourth-order valence-electron chi connectivity index (χ4n) is 1.76. The van der Waals surface area contributed by atoms with Crippen LogP contribution in [-0.4, -0.2) is 25.2 Å². The molecule has 0 fully saturated rings. The lowest BCUT2D eigenvalue weighted by atomic mass is 10.0. The standard InChI is InChI=1S/C16H25NO3/c1-6-10-20-14-9-8-13(11-12(14)3)17-15(18)16(4,7-2)19-5/h8-9,11H,6-7,10H2,1-5H3,(H,17,18)/t16-/m0/s1. The van der Waals surface area contributed by atoms with Gasteiger partial charge < -0.3 is 14.8 Å². The highest BCUT2D eigenvalue weighted by Gasteiger charge is 2.30. The van der Waals surface area contributed by atoms with Crippen LogP contribution in [0.1, 0.15) is 39.2 Å². The van der Waals surface area contributed by atoms with Gasteiger partial charge in [-0.1, -0.05) is 13.8 Å². The quantitative estimate of drug-likeness (QED) is 0.830. The molecule has 0 unspecified atom stereocenters. The molecule has 4 nitrogen and oxygen atoms in total. The topological polar surface area (TPSA) is 47.6 Å². The molecule has 0 bridgehead atoms. The second-order valence-electron chi connectivity index (χ2n) is 5.07. The van der Waals surface area contributed by atoms with Crippen LogP contribution in [0.5, 0.6) is 5.75 Å². The van der Waals surface area contributed by atoms with Crippen LogP contribution < -0.4 is 10.1 Å². The molecule has 1 aromatic rings. The summed E-state index contributed by atoms with van der Waals surface area (Å²) in [6, 6.07) is 5.65. The summed E-state index contributed by atoms with van der Waals surface area (Å²) in [5, 5.41) is 2.89. The van der Waals surface area contributed by atoms with Crippen molar-refractivity contribution >= 4 is 11.6 Å². The van der Waals surface area contributed by atoms with Crippen molar-refractivity contribution in [2.24, 2.45) is 0 Å². The summed E-state index contributed by atoms with van der Waals surface area (Å²) in [5.74, 6) is 0.721. The van der Waals surface area contributed by atoms with Gasteiger partial charge in [0.25, 0.3) is 5.91 Å². The maximum absolute atomic E-state index is 12.2. The van der Waals surface area contributed by atoms with E-state index in [0.29, 0.717) is 13.0 Å². The second kappa shape index (κ2) is 7.29. The average molecular weight is 279 g/mol. The Balaban J connectivity index is 2.79. The Bertz CT molecular complexity index is 453. The number of benzene rings is 1. The maximum Gasteiger partial charge on any atom is 0.256 e. The molecule has 20 heavy (non-hydrogen) atoms. The number of amides is 1. The molecule has 1 rings (SSSR count). The van der Waals surface area contributed by atoms with Gasteiger partial charge in [-0.2, -0.15) is 0 Å². The van der Waals surface area contributed by atoms with E-state index >= 15 is 0 Å². The Kier molecular flexibility index (Phi) is 6.02. The van der Waals surface area contributed by atoms with E-state index in [1.165, 1.54) is 0 Å². The van der Waals surface area contributed by atoms with Crippen molar-refractivity contribution in [2.45, 2.75) is 46.1 Å². The summed E-state index contributed by atoms with van der Waals surface area (Å²) in [7, 11) is 1.55. The van der Waals surface area contributed by atoms with Gasteiger partial charge in [-0.3, -0.25) is 4.79 Å². The lowest BCUT2D eigenvalue weighted by Gasteiger charge is -2.25. The molecule has 1 amide bonds. The van der Waals surface area contributed by atoms with Crippen molar-refractivity contribution in [3.05, 3.63) is 23.8 Å². The number of hydrogen-bond acceptors (Lipinski definition) is 3. The third kappa shape index (κ3) is 3.97. The Morgan fingerprint density at radius 3 is 2.55 bits per heavy atom. The molecule has 0 aliphatic heterocycles. The number of ether oxygens (including phenoxy) is 2. The van der Waals surface area contributed by atoms with E-state index in [9.17, 15) is 4.79 Å². The van der Waals surface area contributed by atoms with Crippen molar-refractivity contribution in [3.8, 4) is 5.75 Å². The number of aryl methyl sites for hydroxylation is 1. The molecule has 0 heterocycles. The van der Waals surface area contributed by atoms with Crippen LogP contribution in [0.25, 0.3) is 0 Å². The highest BCUT2D eigenvalue weighted by Crippen LogP contribution is 2.24. The van der Waals surface area contributed by atoms with Gasteiger partial charge in [0, 0.05) is 12.8 Å². The summed E-state index contributed by atoms with van der Waals surface area (Å²) < 4.78 is 10.9. The number of rotatable bonds is 7. The van der Waals surface area contributed by atoms with Crippen molar-refractivity contribution in [1.82, 2.24) is 0 Å². The third-order valence-corrected chi connectivity index (χ3v) is 3.50. The van der Waals surface area contributed by atoms with E-state index in [1.807, 2.05) is 32.0 Å². The lowest BCUT2D eigenvalue weighted by molar-refractivity contribution is -0.136. The highest BCUT2D eigenvalue weighted by molar-refractivity contribution is 5.97. The smallest absolute Gasteiger partial charge is 0.256 e. The average Bonchev–Trinajstić information content (AvgIpc) is 2.45. The Hall–Kier alpha value is -1.55. The van der Waals surface area contributed by atoms with Crippen LogP contribution >= 0.6 is 0 Å². The van der Waals surface area contributed by atoms with Gasteiger partial charge in [0.15, 0.2) is 0 Å². The van der Waals surface area contributed by atoms with Crippen molar-refractivity contribution < 1.29 is 14.3 Å². The SMILES string of the molecule is CCCOc1ccc(NC(=O)[C@](C)(CC)OC)cc1C. The molecular weight excluding hydrogens is 254 g/mol. The van der Waals surface area contributed by atoms with Crippen LogP contribution in [0.15, 0.2) is 18.2 Å². The Morgan fingerprint density at radius 2 is 2.05 bits per heavy atom. The van der Waals surface area contributed by atoms with E-state index in [0.717, 1.165) is 23.4 Å². The minimum Gasteiger partial charge on any atom is -0.493 e. The van der Waals surface area contributed by atoms with E-state index in [-0.39, 0.29) is 5.91 Å². The number of hydrogen-bond donors (Lipinski definition) is 1. The van der Waals surface area contributed by atoms with Gasteiger partial charge in [-0.05, 0) is 50.5 Å². The Labute approximate surface area is 121 Å². The first kappa shape index (κ1) is 16.5. The molecule has 0 aliphatic carbocycles. The summed E-state index contributed by atoms with van der Waals surface area (Å²) in [5.41, 5.74) is 0.964. The third-order valence-electron chi connectivity index (χ3n) is 3.50. The second-order valence-corrected chi connectivity index (χ2v) is 5.07. The summed E-state index contributed by atoms with van der Waals surface area (Å²) in [6.45, 7) is 8.45. The number of methoxy groups -OCH3 is 1. The molecule has 0 aliphatic rings. The monoisotopic (exact) mass is 279 g/mol. The molecular formula is C16H25NO3. The number of carbonyl (C=O) groups excluding carboxylic acids is 1. The normalized spacial score (nSPS) is 13.7. The van der Waals surface area contributed by atoms with Crippen LogP contribution in [0.3, 0.4) is 0 Å². The first-order valence-electron chi connectivity index (χ1n) is 7.07. The number of nitrogens with one attached hydrogen (secondary N) is 1. The highest BCUT2D eigenvalue weighted by atomic mass is 16.5. The molecule has 0 radical (unpaired) electrons. The van der Waals surface area contributed by atoms with E-state index in [2.05, 4.69) is 12.2 Å². The lowest BCUT2D eigenvalue weighted by Crippen LogP contribution is -2.41. The van der Waals surface area contributed by atoms with Crippen molar-refractivity contribution in [3.63, 3.8) is 0 Å². The number of anilines is 1. The van der Waals surface area contributed by atoms with Crippen LogP contribution in [0.2, 0.25) is 0 Å². The first-order valence-corrected chi connectivity index (χ1v) is 7.07. The minimum atomic E-state index is -0.800. The largest absolute Gasteiger partial charge is 0.493 e. The summed E-state index contributed by atoms with van der Waals surface area (Å²) in [4.78, 5) is 12.2. The van der Waals surface area contributed by atoms with E-state index in [4.69, 9.17) is 9.47 Å². The predicted molar refractivity (Wildman–Crippen MR) is 81.3 cm³/mol. The maximum atomic E-state index is 12.2. The zero-order valence-electron chi connectivity index (χ0n) is 13.1. The van der Waals surface area contributed by atoms with Crippen LogP contribution in [0.4, 0.5) is 5.69 Å². The van der Waals surface area contributed by atoms with Crippen LogP contribution in [0, 0.1) is 6.92 Å². The molecule has 1 atom stereocenters. The zero-order valence-corrected chi connectivity index (χ0v) is 13.1. The molecule has 0 saturated carbocycles. The molecule has 112 valence electrons. The minimum absolute atomic E-state index is 0.135. The molecule has 1 aromatic carbocycles. The molecule has 1 N–H and O–H groups in total. The molecule has 4 heteroatoms. The first-order chi connectivity index (χ1) is 9.46. The van der Waals surface area contributed by atoms with E-state index in [1.54, 1.807) is 14.0 Å². The molecule has 0 spiro atoms. The van der Waals surface area contributed by atoms with Gasteiger partial charge in [-0.25, -0.2) is 0 Å². The predicted octanol–water partition coefficient (Wildman–Crippen LogP) is 3.54. The summed E-state index contributed by atoms with van der Waals surface area (Å²) >= 11 is 0. The Morgan fingerprint density at radius 1 is 1.35 bits per heavy atom. The van der Waals surface area contributed by atoms with Gasteiger partial charge in [-0.15, -0.1) is 0 Å². The van der Waals surface area contributed by atoms with Crippen LogP contribution in [-0.2, 0) is 9.53 Å². The van der Waals surface area contributed by atoms with Crippen molar-refractivity contribution in [2.75, 3.05) is 19.0 Å². The number of carbonyl (C=O) groups is 1. The zero-order chi connectivity index (χ0) is 15.2. The van der Waals surface area contributed by atoms with Gasteiger partial charge in [0.05, 0.1) is 6.61 Å². The summed E-state index contributed by atoms with van der Waals surface area (Å²) in [6.07, 6.45) is 1.59. The van der Waals surface area contributed by atoms with E-state index < -0.39 is 5.60 Å². The van der Waals surface area contributed by atoms with Gasteiger partial charge >= 0.3 is 0 Å².